The molecule has 0 aliphatic carbocycles. The van der Waals surface area contributed by atoms with Gasteiger partial charge >= 0.3 is 5.97 Å². The largest absolute Gasteiger partial charge is 0.478 e. The lowest BCUT2D eigenvalue weighted by molar-refractivity contribution is -0.131. The van der Waals surface area contributed by atoms with Crippen molar-refractivity contribution >= 4 is 40.9 Å². The lowest BCUT2D eigenvalue weighted by Gasteiger charge is -2.03. The van der Waals surface area contributed by atoms with Crippen molar-refractivity contribution in [1.29, 1.82) is 0 Å². The molecule has 0 atom stereocenters. The van der Waals surface area contributed by atoms with Crippen molar-refractivity contribution in [3.05, 3.63) is 63.9 Å². The van der Waals surface area contributed by atoms with Crippen LogP contribution >= 0.6 is 23.2 Å². The Morgan fingerprint density at radius 1 is 1.22 bits per heavy atom. The van der Waals surface area contributed by atoms with E-state index < -0.39 is 5.97 Å². The van der Waals surface area contributed by atoms with Crippen LogP contribution in [0.5, 0.6) is 0 Å². The number of rotatable bonds is 3. The number of carboxylic acids is 1. The van der Waals surface area contributed by atoms with Gasteiger partial charge in [-0.15, -0.1) is 0 Å². The minimum absolute atomic E-state index is 0.422. The van der Waals surface area contributed by atoms with E-state index in [1.807, 2.05) is 29.7 Å². The SMILES string of the molecule is Cc1ccc2nc(-c3ccc(Cl)c(Cl)c3)c(/C=C/C(=O)O)n2c1. The smallest absolute Gasteiger partial charge is 0.328 e. The van der Waals surface area contributed by atoms with Gasteiger partial charge in [-0.1, -0.05) is 35.3 Å². The molecular weight excluding hydrogens is 335 g/mol. The maximum Gasteiger partial charge on any atom is 0.328 e. The van der Waals surface area contributed by atoms with Crippen LogP contribution < -0.4 is 0 Å². The first-order valence-corrected chi connectivity index (χ1v) is 7.56. The normalized spacial score (nSPS) is 11.4. The van der Waals surface area contributed by atoms with E-state index in [0.717, 1.165) is 22.9 Å². The number of imidazole rings is 1. The molecule has 0 spiro atoms. The van der Waals surface area contributed by atoms with Crippen LogP contribution in [0.1, 0.15) is 11.3 Å². The lowest BCUT2D eigenvalue weighted by Crippen LogP contribution is -1.92. The standard InChI is InChI=1S/C17H12Cl2N2O2/c1-10-2-6-15-20-17(11-3-4-12(18)13(19)8-11)14(21(15)9-10)5-7-16(22)23/h2-9H,1H3,(H,22,23)/b7-5+. The van der Waals surface area contributed by atoms with Gasteiger partial charge in [-0.2, -0.15) is 0 Å². The molecule has 0 saturated heterocycles. The van der Waals surface area contributed by atoms with Crippen molar-refractivity contribution in [2.24, 2.45) is 0 Å². The van der Waals surface area contributed by atoms with Crippen molar-refractivity contribution in [1.82, 2.24) is 9.38 Å². The van der Waals surface area contributed by atoms with Crippen LogP contribution in [0, 0.1) is 6.92 Å². The summed E-state index contributed by atoms with van der Waals surface area (Å²) < 4.78 is 1.85. The summed E-state index contributed by atoms with van der Waals surface area (Å²) in [7, 11) is 0. The second kappa shape index (κ2) is 6.07. The van der Waals surface area contributed by atoms with Crippen molar-refractivity contribution in [3.63, 3.8) is 0 Å². The van der Waals surface area contributed by atoms with Crippen LogP contribution in [0.4, 0.5) is 0 Å². The summed E-state index contributed by atoms with van der Waals surface area (Å²) in [5, 5.41) is 9.80. The summed E-state index contributed by atoms with van der Waals surface area (Å²) in [6.45, 7) is 1.96. The summed E-state index contributed by atoms with van der Waals surface area (Å²) in [4.78, 5) is 15.5. The van der Waals surface area contributed by atoms with E-state index in [9.17, 15) is 4.79 Å². The average Bonchev–Trinajstić information content (AvgIpc) is 2.85. The molecule has 1 aromatic carbocycles. The summed E-state index contributed by atoms with van der Waals surface area (Å²) in [5.74, 6) is -1.02. The van der Waals surface area contributed by atoms with E-state index in [1.165, 1.54) is 6.08 Å². The summed E-state index contributed by atoms with van der Waals surface area (Å²) in [5.41, 5.74) is 3.85. The van der Waals surface area contributed by atoms with Gasteiger partial charge in [0, 0.05) is 17.8 Å². The number of pyridine rings is 1. The Bertz CT molecular complexity index is 945. The second-order valence-corrected chi connectivity index (χ2v) is 5.90. The Labute approximate surface area is 142 Å². The molecule has 0 fully saturated rings. The maximum atomic E-state index is 10.9. The number of nitrogens with zero attached hydrogens (tertiary/aromatic N) is 2. The number of hydrogen-bond donors (Lipinski definition) is 1. The molecule has 0 unspecified atom stereocenters. The number of aryl methyl sites for hydroxylation is 1. The number of carboxylic acid groups (broad SMARTS) is 1. The first-order chi connectivity index (χ1) is 11.0. The monoisotopic (exact) mass is 346 g/mol. The fourth-order valence-electron chi connectivity index (χ4n) is 2.33. The minimum atomic E-state index is -1.02. The van der Waals surface area contributed by atoms with Crippen LogP contribution in [-0.2, 0) is 4.79 Å². The molecule has 23 heavy (non-hydrogen) atoms. The van der Waals surface area contributed by atoms with Crippen molar-refractivity contribution in [3.8, 4) is 11.3 Å². The maximum absolute atomic E-state index is 10.9. The highest BCUT2D eigenvalue weighted by atomic mass is 35.5. The third kappa shape index (κ3) is 3.09. The molecule has 3 rings (SSSR count). The second-order valence-electron chi connectivity index (χ2n) is 5.08. The Morgan fingerprint density at radius 3 is 2.70 bits per heavy atom. The number of fused-ring (bicyclic) bond motifs is 1. The van der Waals surface area contributed by atoms with Gasteiger partial charge in [-0.3, -0.25) is 4.40 Å². The van der Waals surface area contributed by atoms with E-state index in [2.05, 4.69) is 4.98 Å². The average molecular weight is 347 g/mol. The third-order valence-corrected chi connectivity index (χ3v) is 4.12. The predicted molar refractivity (Wildman–Crippen MR) is 92.1 cm³/mol. The quantitative estimate of drug-likeness (QED) is 0.698. The lowest BCUT2D eigenvalue weighted by atomic mass is 10.1. The predicted octanol–water partition coefficient (Wildman–Crippen LogP) is 4.71. The highest BCUT2D eigenvalue weighted by Gasteiger charge is 2.13. The molecule has 0 amide bonds. The molecular formula is C17H12Cl2N2O2. The Balaban J connectivity index is 2.28. The fourth-order valence-corrected chi connectivity index (χ4v) is 2.63. The van der Waals surface area contributed by atoms with E-state index in [4.69, 9.17) is 28.3 Å². The molecule has 0 aliphatic heterocycles. The van der Waals surface area contributed by atoms with Crippen molar-refractivity contribution in [2.75, 3.05) is 0 Å². The summed E-state index contributed by atoms with van der Waals surface area (Å²) in [6, 6.07) is 9.05. The molecule has 2 heterocycles. The van der Waals surface area contributed by atoms with Crippen LogP contribution in [-0.4, -0.2) is 20.5 Å². The molecule has 0 saturated carbocycles. The van der Waals surface area contributed by atoms with E-state index in [0.29, 0.717) is 21.4 Å². The number of carbonyl (C=O) groups is 1. The first-order valence-electron chi connectivity index (χ1n) is 6.81. The molecule has 3 aromatic rings. The van der Waals surface area contributed by atoms with Gasteiger partial charge in [-0.25, -0.2) is 9.78 Å². The van der Waals surface area contributed by atoms with Gasteiger partial charge in [-0.05, 0) is 36.8 Å². The molecule has 0 aliphatic rings. The summed E-state index contributed by atoms with van der Waals surface area (Å²) >= 11 is 12.0. The Morgan fingerprint density at radius 2 is 2.00 bits per heavy atom. The van der Waals surface area contributed by atoms with E-state index in [-0.39, 0.29) is 0 Å². The van der Waals surface area contributed by atoms with Crippen LogP contribution in [0.15, 0.2) is 42.6 Å². The van der Waals surface area contributed by atoms with Crippen LogP contribution in [0.25, 0.3) is 23.0 Å². The van der Waals surface area contributed by atoms with E-state index in [1.54, 1.807) is 18.2 Å². The molecule has 2 aromatic heterocycles. The molecule has 6 heteroatoms. The number of hydrogen-bond acceptors (Lipinski definition) is 2. The number of aliphatic carboxylic acids is 1. The summed E-state index contributed by atoms with van der Waals surface area (Å²) in [6.07, 6.45) is 4.53. The van der Waals surface area contributed by atoms with Gasteiger partial charge in [0.15, 0.2) is 0 Å². The minimum Gasteiger partial charge on any atom is -0.478 e. The van der Waals surface area contributed by atoms with Gasteiger partial charge in [0.05, 0.1) is 21.4 Å². The highest BCUT2D eigenvalue weighted by Crippen LogP contribution is 2.31. The third-order valence-electron chi connectivity index (χ3n) is 3.38. The van der Waals surface area contributed by atoms with Gasteiger partial charge < -0.3 is 5.11 Å². The first kappa shape index (κ1) is 15.6. The van der Waals surface area contributed by atoms with Crippen molar-refractivity contribution in [2.45, 2.75) is 6.92 Å². The van der Waals surface area contributed by atoms with Crippen LogP contribution in [0.2, 0.25) is 10.0 Å². The van der Waals surface area contributed by atoms with Gasteiger partial charge in [0.1, 0.15) is 5.65 Å². The molecule has 0 bridgehead atoms. The highest BCUT2D eigenvalue weighted by molar-refractivity contribution is 6.42. The topological polar surface area (TPSA) is 54.6 Å². The number of benzene rings is 1. The molecule has 1 N–H and O–H groups in total. The molecule has 4 nitrogen and oxygen atoms in total. The number of aromatic nitrogens is 2. The zero-order chi connectivity index (χ0) is 16.6. The molecule has 0 radical (unpaired) electrons. The Kier molecular flexibility index (Phi) is 4.11. The van der Waals surface area contributed by atoms with Gasteiger partial charge in [0.25, 0.3) is 0 Å². The zero-order valence-electron chi connectivity index (χ0n) is 12.1. The van der Waals surface area contributed by atoms with Gasteiger partial charge in [0.2, 0.25) is 0 Å². The fraction of sp³-hybridized carbons (Fsp3) is 0.0588. The Hall–Kier alpha value is -2.30. The van der Waals surface area contributed by atoms with E-state index >= 15 is 0 Å². The van der Waals surface area contributed by atoms with Crippen molar-refractivity contribution < 1.29 is 9.90 Å². The van der Waals surface area contributed by atoms with Crippen LogP contribution in [0.3, 0.4) is 0 Å². The zero-order valence-corrected chi connectivity index (χ0v) is 13.6. The molecule has 116 valence electrons. The number of halogens is 2.